The summed E-state index contributed by atoms with van der Waals surface area (Å²) >= 11 is 0. The van der Waals surface area contributed by atoms with E-state index < -0.39 is 10.0 Å². The minimum Gasteiger partial charge on any atom is -0.379 e. The van der Waals surface area contributed by atoms with Gasteiger partial charge in [0, 0.05) is 32.4 Å². The lowest BCUT2D eigenvalue weighted by atomic mass is 10.3. The number of anilines is 1. The number of morpholine rings is 1. The van der Waals surface area contributed by atoms with Gasteiger partial charge in [-0.05, 0) is 25.0 Å². The molecule has 1 aromatic heterocycles. The van der Waals surface area contributed by atoms with Crippen molar-refractivity contribution in [2.24, 2.45) is 0 Å². The molecule has 0 aromatic carbocycles. The number of sulfonamides is 1. The van der Waals surface area contributed by atoms with Crippen LogP contribution in [0.15, 0.2) is 23.2 Å². The zero-order valence-electron chi connectivity index (χ0n) is 13.4. The van der Waals surface area contributed by atoms with Crippen molar-refractivity contribution in [1.82, 2.24) is 9.29 Å². The first-order chi connectivity index (χ1) is 10.6. The fraction of sp³-hybridized carbons (Fsp3) is 0.667. The highest BCUT2D eigenvalue weighted by molar-refractivity contribution is 7.89. The maximum atomic E-state index is 12.5. The van der Waals surface area contributed by atoms with Gasteiger partial charge in [0.25, 0.3) is 0 Å². The molecule has 1 saturated heterocycles. The van der Waals surface area contributed by atoms with Crippen LogP contribution in [-0.2, 0) is 14.8 Å². The molecule has 0 unspecified atom stereocenters. The Bertz CT molecular complexity index is 548. The van der Waals surface area contributed by atoms with Crippen LogP contribution in [-0.4, -0.2) is 57.1 Å². The smallest absolute Gasteiger partial charge is 0.244 e. The van der Waals surface area contributed by atoms with E-state index in [-0.39, 0.29) is 4.90 Å². The average Bonchev–Trinajstić information content (AvgIpc) is 2.55. The van der Waals surface area contributed by atoms with Crippen LogP contribution in [0.1, 0.15) is 26.7 Å². The molecule has 2 rings (SSSR count). The van der Waals surface area contributed by atoms with Crippen molar-refractivity contribution in [3.8, 4) is 0 Å². The molecule has 0 spiro atoms. The van der Waals surface area contributed by atoms with Gasteiger partial charge in [0.2, 0.25) is 10.0 Å². The molecule has 22 heavy (non-hydrogen) atoms. The highest BCUT2D eigenvalue weighted by Gasteiger charge is 2.26. The summed E-state index contributed by atoms with van der Waals surface area (Å²) in [6.45, 7) is 7.81. The molecule has 0 bridgehead atoms. The first-order valence-electron chi connectivity index (χ1n) is 7.88. The van der Waals surface area contributed by atoms with Crippen molar-refractivity contribution in [3.05, 3.63) is 18.3 Å². The second-order valence-corrected chi connectivity index (χ2v) is 7.29. The van der Waals surface area contributed by atoms with Gasteiger partial charge in [-0.2, -0.15) is 4.31 Å². The lowest BCUT2D eigenvalue weighted by molar-refractivity contribution is 0.0730. The van der Waals surface area contributed by atoms with Crippen LogP contribution in [0, 0.1) is 0 Å². The van der Waals surface area contributed by atoms with Crippen molar-refractivity contribution in [1.29, 1.82) is 0 Å². The van der Waals surface area contributed by atoms with Gasteiger partial charge in [-0.15, -0.1) is 0 Å². The van der Waals surface area contributed by atoms with Crippen LogP contribution in [0.5, 0.6) is 0 Å². The standard InChI is InChI=1S/C15H25N3O3S/c1-3-7-17(8-4-2)15-6-5-14(13-16-15)22(19,20)18-9-11-21-12-10-18/h5-6,13H,3-4,7-12H2,1-2H3. The van der Waals surface area contributed by atoms with Gasteiger partial charge in [-0.25, -0.2) is 13.4 Å². The maximum absolute atomic E-state index is 12.5. The fourth-order valence-corrected chi connectivity index (χ4v) is 3.88. The third-order valence-corrected chi connectivity index (χ3v) is 5.52. The monoisotopic (exact) mass is 327 g/mol. The molecule has 0 radical (unpaired) electrons. The first kappa shape index (κ1) is 17.2. The summed E-state index contributed by atoms with van der Waals surface area (Å²) in [5.41, 5.74) is 0. The molecular formula is C15H25N3O3S. The Hall–Kier alpha value is -1.18. The predicted octanol–water partition coefficient (Wildman–Crippen LogP) is 1.73. The third kappa shape index (κ3) is 3.97. The summed E-state index contributed by atoms with van der Waals surface area (Å²) in [4.78, 5) is 6.81. The molecule has 0 amide bonds. The van der Waals surface area contributed by atoms with Crippen molar-refractivity contribution in [2.45, 2.75) is 31.6 Å². The quantitative estimate of drug-likeness (QED) is 0.763. The van der Waals surface area contributed by atoms with Gasteiger partial charge in [-0.3, -0.25) is 0 Å². The average molecular weight is 327 g/mol. The third-order valence-electron chi connectivity index (χ3n) is 3.64. The van der Waals surface area contributed by atoms with E-state index in [1.807, 2.05) is 0 Å². The van der Waals surface area contributed by atoms with Gasteiger partial charge < -0.3 is 9.64 Å². The van der Waals surface area contributed by atoms with Gasteiger partial charge in [0.05, 0.1) is 13.2 Å². The zero-order valence-corrected chi connectivity index (χ0v) is 14.2. The lowest BCUT2D eigenvalue weighted by Crippen LogP contribution is -2.40. The van der Waals surface area contributed by atoms with Crippen molar-refractivity contribution in [2.75, 3.05) is 44.3 Å². The highest BCUT2D eigenvalue weighted by Crippen LogP contribution is 2.19. The van der Waals surface area contributed by atoms with Crippen molar-refractivity contribution >= 4 is 15.8 Å². The minimum absolute atomic E-state index is 0.256. The van der Waals surface area contributed by atoms with Crippen LogP contribution in [0.3, 0.4) is 0 Å². The van der Waals surface area contributed by atoms with Crippen molar-refractivity contribution < 1.29 is 13.2 Å². The summed E-state index contributed by atoms with van der Waals surface area (Å²) in [5.74, 6) is 0.838. The molecule has 0 atom stereocenters. The number of pyridine rings is 1. The van der Waals surface area contributed by atoms with Gasteiger partial charge in [0.1, 0.15) is 10.7 Å². The Labute approximate surface area is 133 Å². The van der Waals surface area contributed by atoms with E-state index in [0.717, 1.165) is 31.7 Å². The van der Waals surface area contributed by atoms with Crippen LogP contribution in [0.4, 0.5) is 5.82 Å². The van der Waals surface area contributed by atoms with Crippen molar-refractivity contribution in [3.63, 3.8) is 0 Å². The summed E-state index contributed by atoms with van der Waals surface area (Å²) in [7, 11) is -3.46. The van der Waals surface area contributed by atoms with Crippen LogP contribution >= 0.6 is 0 Å². The number of rotatable bonds is 7. The van der Waals surface area contributed by atoms with Gasteiger partial charge in [-0.1, -0.05) is 13.8 Å². The van der Waals surface area contributed by atoms with E-state index in [1.165, 1.54) is 10.5 Å². The molecule has 0 saturated carbocycles. The van der Waals surface area contributed by atoms with Gasteiger partial charge >= 0.3 is 0 Å². The van der Waals surface area contributed by atoms with Crippen LogP contribution in [0.2, 0.25) is 0 Å². The fourth-order valence-electron chi connectivity index (χ4n) is 2.53. The Balaban J connectivity index is 2.16. The number of hydrogen-bond donors (Lipinski definition) is 0. The first-order valence-corrected chi connectivity index (χ1v) is 9.32. The SMILES string of the molecule is CCCN(CCC)c1ccc(S(=O)(=O)N2CCOCC2)cn1. The zero-order chi connectivity index (χ0) is 16.0. The maximum Gasteiger partial charge on any atom is 0.244 e. The molecule has 0 N–H and O–H groups in total. The van der Waals surface area contributed by atoms with E-state index in [9.17, 15) is 8.42 Å². The normalized spacial score (nSPS) is 16.6. The number of aromatic nitrogens is 1. The molecule has 0 aliphatic carbocycles. The summed E-state index contributed by atoms with van der Waals surface area (Å²) in [5, 5.41) is 0. The minimum atomic E-state index is -3.46. The topological polar surface area (TPSA) is 62.7 Å². The molecule has 1 aliphatic heterocycles. The lowest BCUT2D eigenvalue weighted by Gasteiger charge is -2.26. The number of ether oxygens (including phenoxy) is 1. The Morgan fingerprint density at radius 3 is 2.32 bits per heavy atom. The summed E-state index contributed by atoms with van der Waals surface area (Å²) in [6.07, 6.45) is 3.55. The molecular weight excluding hydrogens is 302 g/mol. The Morgan fingerprint density at radius 2 is 1.82 bits per heavy atom. The predicted molar refractivity (Wildman–Crippen MR) is 86.6 cm³/mol. The summed E-state index contributed by atoms with van der Waals surface area (Å²) in [6, 6.07) is 3.46. The Morgan fingerprint density at radius 1 is 1.18 bits per heavy atom. The van der Waals surface area contributed by atoms with Crippen LogP contribution in [0.25, 0.3) is 0 Å². The largest absolute Gasteiger partial charge is 0.379 e. The molecule has 7 heteroatoms. The van der Waals surface area contributed by atoms with Gasteiger partial charge in [0.15, 0.2) is 0 Å². The molecule has 1 aliphatic rings. The molecule has 1 fully saturated rings. The van der Waals surface area contributed by atoms with Crippen LogP contribution < -0.4 is 4.90 Å². The molecule has 124 valence electrons. The van der Waals surface area contributed by atoms with E-state index in [2.05, 4.69) is 23.7 Å². The van der Waals surface area contributed by atoms with E-state index >= 15 is 0 Å². The molecule has 1 aromatic rings. The molecule has 2 heterocycles. The van der Waals surface area contributed by atoms with E-state index in [1.54, 1.807) is 12.1 Å². The van der Waals surface area contributed by atoms with E-state index in [0.29, 0.717) is 26.3 Å². The Kier molecular flexibility index (Phi) is 6.16. The van der Waals surface area contributed by atoms with E-state index in [4.69, 9.17) is 4.74 Å². The highest BCUT2D eigenvalue weighted by atomic mass is 32.2. The second-order valence-electron chi connectivity index (χ2n) is 5.36. The number of nitrogens with zero attached hydrogens (tertiary/aromatic N) is 3. The number of hydrogen-bond acceptors (Lipinski definition) is 5. The second kappa shape index (κ2) is 7.89. The molecule has 6 nitrogen and oxygen atoms in total. The summed E-state index contributed by atoms with van der Waals surface area (Å²) < 4.78 is 31.7.